The highest BCUT2D eigenvalue weighted by Gasteiger charge is 2.41. The number of nitrogens with zero attached hydrogens (tertiary/aromatic N) is 3. The lowest BCUT2D eigenvalue weighted by Crippen LogP contribution is -2.62. The second kappa shape index (κ2) is 12.5. The third-order valence-corrected chi connectivity index (χ3v) is 6.07. The van der Waals surface area contributed by atoms with Crippen LogP contribution in [0.25, 0.3) is 11.1 Å². The molecule has 1 aliphatic heterocycles. The van der Waals surface area contributed by atoms with Crippen molar-refractivity contribution >= 4 is 29.7 Å². The Morgan fingerprint density at radius 2 is 1.62 bits per heavy atom. The number of rotatable bonds is 8. The molecule has 2 atom stereocenters. The van der Waals surface area contributed by atoms with E-state index in [2.05, 4.69) is 10.3 Å². The van der Waals surface area contributed by atoms with Gasteiger partial charge in [-0.1, -0.05) is 12.1 Å². The molecular formula is C28H34N4O7. The Labute approximate surface area is 227 Å². The van der Waals surface area contributed by atoms with Gasteiger partial charge in [0.1, 0.15) is 24.2 Å². The first-order valence-corrected chi connectivity index (χ1v) is 12.6. The number of aromatic nitrogens is 1. The van der Waals surface area contributed by atoms with Crippen molar-refractivity contribution in [2.45, 2.75) is 51.8 Å². The molecule has 0 spiro atoms. The zero-order valence-corrected chi connectivity index (χ0v) is 22.8. The van der Waals surface area contributed by atoms with Crippen molar-refractivity contribution in [3.05, 3.63) is 54.4 Å². The smallest absolute Gasteiger partial charge is 0.326 e. The molecule has 1 N–H and O–H groups in total. The first-order valence-electron chi connectivity index (χ1n) is 12.6. The number of pyridine rings is 1. The summed E-state index contributed by atoms with van der Waals surface area (Å²) in [7, 11) is 1.18. The number of carbonyl (C=O) groups is 5. The summed E-state index contributed by atoms with van der Waals surface area (Å²) >= 11 is 0. The third-order valence-electron chi connectivity index (χ3n) is 6.07. The molecule has 0 bridgehead atoms. The molecule has 11 heteroatoms. The van der Waals surface area contributed by atoms with Crippen LogP contribution in [0, 0.1) is 0 Å². The first kappa shape index (κ1) is 29.3. The zero-order chi connectivity index (χ0) is 28.7. The average Bonchev–Trinajstić information content (AvgIpc) is 2.90. The highest BCUT2D eigenvalue weighted by molar-refractivity contribution is 5.99. The van der Waals surface area contributed by atoms with Gasteiger partial charge in [-0.15, -0.1) is 0 Å². The zero-order valence-electron chi connectivity index (χ0n) is 22.8. The van der Waals surface area contributed by atoms with Crippen LogP contribution in [0.5, 0.6) is 0 Å². The molecule has 1 aromatic heterocycles. The number of hydrogen-bond acceptors (Lipinski definition) is 8. The van der Waals surface area contributed by atoms with Crippen LogP contribution < -0.4 is 5.32 Å². The minimum Gasteiger partial charge on any atom is -0.469 e. The molecule has 11 nitrogen and oxygen atoms in total. The number of carbonyl (C=O) groups excluding carboxylic acids is 5. The summed E-state index contributed by atoms with van der Waals surface area (Å²) in [6.07, 6.45) is 2.97. The molecule has 208 valence electrons. The average molecular weight is 539 g/mol. The fourth-order valence-electron chi connectivity index (χ4n) is 4.18. The van der Waals surface area contributed by atoms with Crippen LogP contribution in [-0.2, 0) is 28.7 Å². The molecule has 3 amide bonds. The van der Waals surface area contributed by atoms with Gasteiger partial charge in [0, 0.05) is 31.0 Å². The number of amides is 3. The number of methoxy groups -OCH3 is 1. The van der Waals surface area contributed by atoms with Gasteiger partial charge in [-0.05, 0) is 63.1 Å². The fourth-order valence-corrected chi connectivity index (χ4v) is 4.18. The van der Waals surface area contributed by atoms with Gasteiger partial charge in [-0.25, -0.2) is 0 Å². The summed E-state index contributed by atoms with van der Waals surface area (Å²) in [5.41, 5.74) is 1.49. The molecule has 2 heterocycles. The molecule has 3 rings (SSSR count). The minimum absolute atomic E-state index is 0.0653. The Hall–Kier alpha value is -4.28. The largest absolute Gasteiger partial charge is 0.469 e. The Morgan fingerprint density at radius 3 is 2.21 bits per heavy atom. The molecular weight excluding hydrogens is 504 g/mol. The Kier molecular flexibility index (Phi) is 9.39. The summed E-state index contributed by atoms with van der Waals surface area (Å²) in [4.78, 5) is 70.3. The standard InChI is InChI=1S/C28H34N4O7/c1-18(30-25(35)21-8-6-19(7-9-21)20-10-12-29-13-11-20)26(36)32-15-14-31(17-24(34)39-28(2,3)4)27(37)22(32)16-23(33)38-5/h6-13,18,22H,14-17H2,1-5H3,(H,30,35)/t18-,22-/m0/s1. The highest BCUT2D eigenvalue weighted by atomic mass is 16.6. The molecule has 0 saturated carbocycles. The van der Waals surface area contributed by atoms with Crippen molar-refractivity contribution in [3.8, 4) is 11.1 Å². The lowest BCUT2D eigenvalue weighted by atomic mass is 10.0. The normalized spacial score (nSPS) is 16.3. The van der Waals surface area contributed by atoms with Crippen molar-refractivity contribution in [1.82, 2.24) is 20.1 Å². The molecule has 1 fully saturated rings. The van der Waals surface area contributed by atoms with Crippen LogP contribution in [0.2, 0.25) is 0 Å². The molecule has 2 aromatic rings. The molecule has 39 heavy (non-hydrogen) atoms. The fraction of sp³-hybridized carbons (Fsp3) is 0.429. The van der Waals surface area contributed by atoms with Crippen molar-refractivity contribution in [2.75, 3.05) is 26.7 Å². The van der Waals surface area contributed by atoms with Gasteiger partial charge in [0.05, 0.1) is 13.5 Å². The third kappa shape index (κ3) is 7.86. The van der Waals surface area contributed by atoms with Crippen LogP contribution >= 0.6 is 0 Å². The van der Waals surface area contributed by atoms with Gasteiger partial charge in [0.15, 0.2) is 0 Å². The van der Waals surface area contributed by atoms with Crippen LogP contribution in [-0.4, -0.2) is 88.9 Å². The lowest BCUT2D eigenvalue weighted by molar-refractivity contribution is -0.164. The quantitative estimate of drug-likeness (QED) is 0.503. The van der Waals surface area contributed by atoms with Crippen LogP contribution in [0.3, 0.4) is 0 Å². The predicted molar refractivity (Wildman–Crippen MR) is 141 cm³/mol. The van der Waals surface area contributed by atoms with Crippen LogP contribution in [0.4, 0.5) is 0 Å². The summed E-state index contributed by atoms with van der Waals surface area (Å²) in [6.45, 7) is 6.49. The van der Waals surface area contributed by atoms with Crippen molar-refractivity contribution in [1.29, 1.82) is 0 Å². The van der Waals surface area contributed by atoms with Gasteiger partial charge in [0.2, 0.25) is 11.8 Å². The number of benzene rings is 1. The van der Waals surface area contributed by atoms with E-state index in [0.29, 0.717) is 5.56 Å². The van der Waals surface area contributed by atoms with E-state index in [1.165, 1.54) is 23.8 Å². The summed E-state index contributed by atoms with van der Waals surface area (Å²) in [5.74, 6) is -2.84. The van der Waals surface area contributed by atoms with E-state index >= 15 is 0 Å². The maximum Gasteiger partial charge on any atom is 0.326 e. The van der Waals surface area contributed by atoms with Gasteiger partial charge >= 0.3 is 11.9 Å². The van der Waals surface area contributed by atoms with E-state index in [9.17, 15) is 24.0 Å². The van der Waals surface area contributed by atoms with Crippen molar-refractivity contribution < 1.29 is 33.4 Å². The Balaban J connectivity index is 1.68. The van der Waals surface area contributed by atoms with Gasteiger partial charge in [0.25, 0.3) is 5.91 Å². The Morgan fingerprint density at radius 1 is 1.00 bits per heavy atom. The maximum atomic E-state index is 13.3. The van der Waals surface area contributed by atoms with Crippen molar-refractivity contribution in [3.63, 3.8) is 0 Å². The lowest BCUT2D eigenvalue weighted by Gasteiger charge is -2.41. The number of ether oxygens (including phenoxy) is 2. The summed E-state index contributed by atoms with van der Waals surface area (Å²) in [6, 6.07) is 8.45. The van der Waals surface area contributed by atoms with E-state index in [0.717, 1.165) is 11.1 Å². The van der Waals surface area contributed by atoms with Gasteiger partial charge < -0.3 is 24.6 Å². The number of nitrogens with one attached hydrogen (secondary N) is 1. The topological polar surface area (TPSA) is 135 Å². The second-order valence-electron chi connectivity index (χ2n) is 10.2. The van der Waals surface area contributed by atoms with Crippen molar-refractivity contribution in [2.24, 2.45) is 0 Å². The van der Waals surface area contributed by atoms with E-state index in [1.807, 2.05) is 12.1 Å². The molecule has 0 aliphatic carbocycles. The molecule has 1 aromatic carbocycles. The first-order chi connectivity index (χ1) is 18.4. The van der Waals surface area contributed by atoms with Gasteiger partial charge in [-0.2, -0.15) is 0 Å². The second-order valence-corrected chi connectivity index (χ2v) is 10.2. The number of piperazine rings is 1. The predicted octanol–water partition coefficient (Wildman–Crippen LogP) is 1.81. The number of esters is 2. The van der Waals surface area contributed by atoms with E-state index in [-0.39, 0.29) is 26.1 Å². The van der Waals surface area contributed by atoms with E-state index < -0.39 is 47.3 Å². The highest BCUT2D eigenvalue weighted by Crippen LogP contribution is 2.20. The monoisotopic (exact) mass is 538 g/mol. The molecule has 0 radical (unpaired) electrons. The number of hydrogen-bond donors (Lipinski definition) is 1. The van der Waals surface area contributed by atoms with E-state index in [1.54, 1.807) is 57.4 Å². The minimum atomic E-state index is -1.18. The van der Waals surface area contributed by atoms with Gasteiger partial charge in [-0.3, -0.25) is 29.0 Å². The molecule has 1 saturated heterocycles. The Bertz CT molecular complexity index is 1210. The molecule has 0 unspecified atom stereocenters. The van der Waals surface area contributed by atoms with Crippen LogP contribution in [0.15, 0.2) is 48.8 Å². The summed E-state index contributed by atoms with van der Waals surface area (Å²) in [5, 5.41) is 2.67. The van der Waals surface area contributed by atoms with Crippen LogP contribution in [0.1, 0.15) is 44.5 Å². The summed E-state index contributed by atoms with van der Waals surface area (Å²) < 4.78 is 10.0. The van der Waals surface area contributed by atoms with E-state index in [4.69, 9.17) is 9.47 Å². The SMILES string of the molecule is COC(=O)C[C@H]1C(=O)N(CC(=O)OC(C)(C)C)CCN1C(=O)[C@H](C)NC(=O)c1ccc(-c2ccncc2)cc1. The molecule has 1 aliphatic rings. The maximum absolute atomic E-state index is 13.3.